The van der Waals surface area contributed by atoms with E-state index in [4.69, 9.17) is 10.8 Å². The minimum atomic E-state index is -0.724. The number of nitrogens with two attached hydrogens (primary N) is 1. The predicted molar refractivity (Wildman–Crippen MR) is 51.3 cm³/mol. The molecule has 1 aliphatic carbocycles. The van der Waals surface area contributed by atoms with Crippen molar-refractivity contribution in [2.75, 3.05) is 6.54 Å². The van der Waals surface area contributed by atoms with E-state index in [0.29, 0.717) is 12.5 Å². The molecular weight excluding hydrogens is 166 g/mol. The predicted octanol–water partition coefficient (Wildman–Crippen LogP) is 1.47. The summed E-state index contributed by atoms with van der Waals surface area (Å²) in [6.45, 7) is 2.71. The molecule has 1 fully saturated rings. The summed E-state index contributed by atoms with van der Waals surface area (Å²) in [6.07, 6.45) is 3.86. The van der Waals surface area contributed by atoms with Crippen molar-refractivity contribution in [1.82, 2.24) is 0 Å². The number of aliphatic carboxylic acids is 1. The summed E-state index contributed by atoms with van der Waals surface area (Å²) in [5.74, 6) is 0.960. The molecule has 13 heavy (non-hydrogen) atoms. The SMILES string of the molecule is CC(C[C@H](CN)CC(=O)O)C1CC1. The lowest BCUT2D eigenvalue weighted by molar-refractivity contribution is -0.138. The maximum absolute atomic E-state index is 10.5. The van der Waals surface area contributed by atoms with E-state index in [0.717, 1.165) is 12.3 Å². The molecule has 2 atom stereocenters. The van der Waals surface area contributed by atoms with Crippen LogP contribution in [-0.4, -0.2) is 17.6 Å². The standard InChI is InChI=1S/C10H19NO2/c1-7(9-2-3-9)4-8(6-11)5-10(12)13/h7-9H,2-6,11H2,1H3,(H,12,13)/t7?,8-/m0/s1. The van der Waals surface area contributed by atoms with Crippen molar-refractivity contribution in [2.24, 2.45) is 23.5 Å². The second kappa shape index (κ2) is 4.61. The van der Waals surface area contributed by atoms with Gasteiger partial charge < -0.3 is 10.8 Å². The fourth-order valence-electron chi connectivity index (χ4n) is 1.89. The van der Waals surface area contributed by atoms with E-state index in [9.17, 15) is 4.79 Å². The van der Waals surface area contributed by atoms with E-state index < -0.39 is 5.97 Å². The molecule has 1 saturated carbocycles. The van der Waals surface area contributed by atoms with Gasteiger partial charge >= 0.3 is 5.97 Å². The van der Waals surface area contributed by atoms with Crippen LogP contribution in [0.15, 0.2) is 0 Å². The van der Waals surface area contributed by atoms with Gasteiger partial charge in [-0.1, -0.05) is 6.92 Å². The zero-order chi connectivity index (χ0) is 9.84. The number of carboxylic acids is 1. The number of carboxylic acid groups (broad SMARTS) is 1. The van der Waals surface area contributed by atoms with Gasteiger partial charge in [0.15, 0.2) is 0 Å². The Kier molecular flexibility index (Phi) is 3.72. The van der Waals surface area contributed by atoms with E-state index in [1.165, 1.54) is 12.8 Å². The quantitative estimate of drug-likeness (QED) is 0.658. The average molecular weight is 185 g/mol. The molecular formula is C10H19NO2. The van der Waals surface area contributed by atoms with Crippen LogP contribution in [0.4, 0.5) is 0 Å². The highest BCUT2D eigenvalue weighted by molar-refractivity contribution is 5.67. The van der Waals surface area contributed by atoms with Crippen molar-refractivity contribution < 1.29 is 9.90 Å². The van der Waals surface area contributed by atoms with Crippen LogP contribution in [0.3, 0.4) is 0 Å². The average Bonchev–Trinajstić information content (AvgIpc) is 2.84. The summed E-state index contributed by atoms with van der Waals surface area (Å²) in [5.41, 5.74) is 5.53. The van der Waals surface area contributed by atoms with Gasteiger partial charge in [-0.05, 0) is 43.6 Å². The van der Waals surface area contributed by atoms with Crippen LogP contribution in [0, 0.1) is 17.8 Å². The van der Waals surface area contributed by atoms with E-state index >= 15 is 0 Å². The number of rotatable bonds is 6. The highest BCUT2D eigenvalue weighted by Crippen LogP contribution is 2.39. The van der Waals surface area contributed by atoms with Crippen LogP contribution < -0.4 is 5.73 Å². The second-order valence-corrected chi connectivity index (χ2v) is 4.25. The summed E-state index contributed by atoms with van der Waals surface area (Å²) < 4.78 is 0. The number of carbonyl (C=O) groups is 1. The first-order chi connectivity index (χ1) is 6.13. The molecule has 1 aliphatic rings. The number of hydrogen-bond acceptors (Lipinski definition) is 2. The Labute approximate surface area is 79.3 Å². The van der Waals surface area contributed by atoms with Crippen molar-refractivity contribution in [3.05, 3.63) is 0 Å². The Hall–Kier alpha value is -0.570. The molecule has 0 radical (unpaired) electrons. The maximum Gasteiger partial charge on any atom is 0.303 e. The summed E-state index contributed by atoms with van der Waals surface area (Å²) in [6, 6.07) is 0. The Balaban J connectivity index is 2.24. The zero-order valence-corrected chi connectivity index (χ0v) is 8.20. The molecule has 3 nitrogen and oxygen atoms in total. The lowest BCUT2D eigenvalue weighted by Gasteiger charge is -2.17. The Morgan fingerprint density at radius 2 is 2.23 bits per heavy atom. The van der Waals surface area contributed by atoms with Crippen LogP contribution in [-0.2, 0) is 4.79 Å². The van der Waals surface area contributed by atoms with Gasteiger partial charge in [0.25, 0.3) is 0 Å². The Morgan fingerprint density at radius 1 is 1.62 bits per heavy atom. The Morgan fingerprint density at radius 3 is 2.62 bits per heavy atom. The van der Waals surface area contributed by atoms with Crippen molar-refractivity contribution in [3.63, 3.8) is 0 Å². The fraction of sp³-hybridized carbons (Fsp3) is 0.900. The molecule has 3 N–H and O–H groups in total. The smallest absolute Gasteiger partial charge is 0.303 e. The number of hydrogen-bond donors (Lipinski definition) is 2. The van der Waals surface area contributed by atoms with Gasteiger partial charge in [-0.25, -0.2) is 0 Å². The van der Waals surface area contributed by atoms with E-state index in [1.807, 2.05) is 0 Å². The maximum atomic E-state index is 10.5. The van der Waals surface area contributed by atoms with Crippen molar-refractivity contribution in [2.45, 2.75) is 32.6 Å². The van der Waals surface area contributed by atoms with Gasteiger partial charge in [-0.2, -0.15) is 0 Å². The van der Waals surface area contributed by atoms with Gasteiger partial charge in [0, 0.05) is 6.42 Å². The Bertz CT molecular complexity index is 178. The highest BCUT2D eigenvalue weighted by atomic mass is 16.4. The van der Waals surface area contributed by atoms with Crippen LogP contribution in [0.2, 0.25) is 0 Å². The molecule has 76 valence electrons. The molecule has 1 rings (SSSR count). The minimum Gasteiger partial charge on any atom is -0.481 e. The summed E-state index contributed by atoms with van der Waals surface area (Å²) in [5, 5.41) is 8.63. The van der Waals surface area contributed by atoms with Crippen LogP contribution >= 0.6 is 0 Å². The van der Waals surface area contributed by atoms with Crippen LogP contribution in [0.25, 0.3) is 0 Å². The van der Waals surface area contributed by atoms with Gasteiger partial charge in [0.2, 0.25) is 0 Å². The van der Waals surface area contributed by atoms with Crippen molar-refractivity contribution in [1.29, 1.82) is 0 Å². The lowest BCUT2D eigenvalue weighted by Crippen LogP contribution is -2.20. The third-order valence-electron chi connectivity index (χ3n) is 2.93. The normalized spacial score (nSPS) is 21.1. The molecule has 1 unspecified atom stereocenters. The minimum absolute atomic E-state index is 0.174. The van der Waals surface area contributed by atoms with Crippen LogP contribution in [0.5, 0.6) is 0 Å². The molecule has 0 aliphatic heterocycles. The topological polar surface area (TPSA) is 63.3 Å². The van der Waals surface area contributed by atoms with Gasteiger partial charge in [-0.3, -0.25) is 4.79 Å². The highest BCUT2D eigenvalue weighted by Gasteiger charge is 2.29. The van der Waals surface area contributed by atoms with E-state index in [1.54, 1.807) is 0 Å². The molecule has 0 amide bonds. The molecule has 0 spiro atoms. The van der Waals surface area contributed by atoms with E-state index in [-0.39, 0.29) is 12.3 Å². The third-order valence-corrected chi connectivity index (χ3v) is 2.93. The molecule has 0 aromatic carbocycles. The molecule has 0 aromatic rings. The molecule has 0 aromatic heterocycles. The van der Waals surface area contributed by atoms with Gasteiger partial charge in [0.1, 0.15) is 0 Å². The molecule has 0 bridgehead atoms. The molecule has 0 saturated heterocycles. The third kappa shape index (κ3) is 3.77. The molecule has 3 heteroatoms. The largest absolute Gasteiger partial charge is 0.481 e. The van der Waals surface area contributed by atoms with E-state index in [2.05, 4.69) is 6.92 Å². The van der Waals surface area contributed by atoms with Gasteiger partial charge in [-0.15, -0.1) is 0 Å². The summed E-state index contributed by atoms with van der Waals surface area (Å²) >= 11 is 0. The van der Waals surface area contributed by atoms with Crippen molar-refractivity contribution >= 4 is 5.97 Å². The fourth-order valence-corrected chi connectivity index (χ4v) is 1.89. The van der Waals surface area contributed by atoms with Crippen molar-refractivity contribution in [3.8, 4) is 0 Å². The zero-order valence-electron chi connectivity index (χ0n) is 8.20. The first kappa shape index (κ1) is 10.5. The second-order valence-electron chi connectivity index (χ2n) is 4.25. The van der Waals surface area contributed by atoms with Crippen LogP contribution in [0.1, 0.15) is 32.6 Å². The summed E-state index contributed by atoms with van der Waals surface area (Å²) in [7, 11) is 0. The monoisotopic (exact) mass is 185 g/mol. The first-order valence-electron chi connectivity index (χ1n) is 5.05. The first-order valence-corrected chi connectivity index (χ1v) is 5.05. The summed E-state index contributed by atoms with van der Waals surface area (Å²) in [4.78, 5) is 10.5. The van der Waals surface area contributed by atoms with Gasteiger partial charge in [0.05, 0.1) is 0 Å². The lowest BCUT2D eigenvalue weighted by atomic mass is 9.90. The molecule has 0 heterocycles.